The Balaban J connectivity index is 2.11. The Morgan fingerprint density at radius 3 is 2.48 bits per heavy atom. The van der Waals surface area contributed by atoms with Crippen LogP contribution in [0.5, 0.6) is 0 Å². The van der Waals surface area contributed by atoms with Gasteiger partial charge in [0.05, 0.1) is 10.0 Å². The molecule has 1 atom stereocenters. The molecule has 0 spiro atoms. The Hall–Kier alpha value is -1.22. The second kappa shape index (κ2) is 7.17. The molecule has 0 aliphatic heterocycles. The Morgan fingerprint density at radius 2 is 1.81 bits per heavy atom. The first-order chi connectivity index (χ1) is 9.95. The minimum atomic E-state index is 0.161. The summed E-state index contributed by atoms with van der Waals surface area (Å²) in [6.45, 7) is 3.04. The van der Waals surface area contributed by atoms with Crippen LogP contribution < -0.4 is 5.32 Å². The van der Waals surface area contributed by atoms with E-state index in [1.807, 2.05) is 18.2 Å². The van der Waals surface area contributed by atoms with Crippen LogP contribution in [0.1, 0.15) is 24.1 Å². The van der Waals surface area contributed by atoms with E-state index in [0.29, 0.717) is 10.0 Å². The average molecular weight is 323 g/mol. The van der Waals surface area contributed by atoms with Crippen LogP contribution in [-0.4, -0.2) is 19.0 Å². The van der Waals surface area contributed by atoms with Gasteiger partial charge in [0.25, 0.3) is 0 Å². The third-order valence-electron chi connectivity index (χ3n) is 3.25. The highest BCUT2D eigenvalue weighted by Gasteiger charge is 2.08. The summed E-state index contributed by atoms with van der Waals surface area (Å²) in [6, 6.07) is 14.4. The number of hydrogen-bond acceptors (Lipinski definition) is 2. The van der Waals surface area contributed by atoms with Crippen LogP contribution in [-0.2, 0) is 6.54 Å². The summed E-state index contributed by atoms with van der Waals surface area (Å²) < 4.78 is 0. The zero-order valence-corrected chi connectivity index (χ0v) is 14.0. The van der Waals surface area contributed by atoms with Crippen molar-refractivity contribution in [3.05, 3.63) is 63.6 Å². The van der Waals surface area contributed by atoms with Gasteiger partial charge in [-0.05, 0) is 56.4 Å². The molecule has 2 aromatic carbocycles. The minimum absolute atomic E-state index is 0.161. The van der Waals surface area contributed by atoms with Gasteiger partial charge in [0.1, 0.15) is 0 Å². The molecule has 21 heavy (non-hydrogen) atoms. The molecule has 0 amide bonds. The first-order valence-corrected chi connectivity index (χ1v) is 7.66. The highest BCUT2D eigenvalue weighted by molar-refractivity contribution is 6.42. The summed E-state index contributed by atoms with van der Waals surface area (Å²) in [6.07, 6.45) is 0. The lowest BCUT2D eigenvalue weighted by Gasteiger charge is -2.18. The third-order valence-corrected chi connectivity index (χ3v) is 3.99. The van der Waals surface area contributed by atoms with Crippen LogP contribution in [0.4, 0.5) is 5.69 Å². The summed E-state index contributed by atoms with van der Waals surface area (Å²) in [7, 11) is 4.14. The monoisotopic (exact) mass is 322 g/mol. The molecule has 0 radical (unpaired) electrons. The Labute approximate surface area is 136 Å². The predicted molar refractivity (Wildman–Crippen MR) is 92.3 cm³/mol. The number of nitrogens with one attached hydrogen (secondary N) is 1. The number of halogens is 2. The van der Waals surface area contributed by atoms with Crippen molar-refractivity contribution in [3.63, 3.8) is 0 Å². The van der Waals surface area contributed by atoms with E-state index >= 15 is 0 Å². The quantitative estimate of drug-likeness (QED) is 0.811. The summed E-state index contributed by atoms with van der Waals surface area (Å²) in [5, 5.41) is 4.67. The van der Waals surface area contributed by atoms with E-state index in [0.717, 1.165) is 17.8 Å². The molecule has 4 heteroatoms. The molecule has 2 nitrogen and oxygen atoms in total. The normalized spacial score (nSPS) is 12.5. The maximum Gasteiger partial charge on any atom is 0.0595 e. The molecule has 1 N–H and O–H groups in total. The van der Waals surface area contributed by atoms with Gasteiger partial charge in [0, 0.05) is 18.3 Å². The van der Waals surface area contributed by atoms with Crippen molar-refractivity contribution in [1.82, 2.24) is 4.90 Å². The molecule has 0 fully saturated rings. The minimum Gasteiger partial charge on any atom is -0.379 e. The molecule has 0 saturated heterocycles. The van der Waals surface area contributed by atoms with E-state index in [-0.39, 0.29) is 6.04 Å². The second-order valence-electron chi connectivity index (χ2n) is 5.48. The standard InChI is InChI=1S/C17H20Cl2N2/c1-12(14-7-8-16(18)17(19)10-14)20-15-6-4-5-13(9-15)11-21(2)3/h4-10,12,20H,11H2,1-3H3. The molecule has 0 saturated carbocycles. The number of anilines is 1. The van der Waals surface area contributed by atoms with E-state index in [1.165, 1.54) is 5.56 Å². The lowest BCUT2D eigenvalue weighted by Crippen LogP contribution is -2.11. The predicted octanol–water partition coefficient (Wildman–Crippen LogP) is 5.23. The fraction of sp³-hybridized carbons (Fsp3) is 0.294. The molecular weight excluding hydrogens is 303 g/mol. The Kier molecular flexibility index (Phi) is 5.51. The van der Waals surface area contributed by atoms with Gasteiger partial charge in [0.2, 0.25) is 0 Å². The van der Waals surface area contributed by atoms with Crippen molar-refractivity contribution in [2.45, 2.75) is 19.5 Å². The highest BCUT2D eigenvalue weighted by Crippen LogP contribution is 2.27. The summed E-state index contributed by atoms with van der Waals surface area (Å²) >= 11 is 12.0. The third kappa shape index (κ3) is 4.63. The second-order valence-corrected chi connectivity index (χ2v) is 6.29. The summed E-state index contributed by atoms with van der Waals surface area (Å²) in [5.74, 6) is 0. The maximum absolute atomic E-state index is 6.08. The van der Waals surface area contributed by atoms with E-state index in [1.54, 1.807) is 0 Å². The van der Waals surface area contributed by atoms with Gasteiger partial charge < -0.3 is 10.2 Å². The topological polar surface area (TPSA) is 15.3 Å². The lowest BCUT2D eigenvalue weighted by molar-refractivity contribution is 0.402. The Bertz CT molecular complexity index is 611. The van der Waals surface area contributed by atoms with Gasteiger partial charge in [-0.15, -0.1) is 0 Å². The maximum atomic E-state index is 6.08. The van der Waals surface area contributed by atoms with Gasteiger partial charge in [-0.2, -0.15) is 0 Å². The smallest absolute Gasteiger partial charge is 0.0595 e. The van der Waals surface area contributed by atoms with Gasteiger partial charge in [0.15, 0.2) is 0 Å². The number of benzene rings is 2. The molecule has 2 rings (SSSR count). The van der Waals surface area contributed by atoms with Crippen molar-refractivity contribution in [2.75, 3.05) is 19.4 Å². The van der Waals surface area contributed by atoms with Crippen LogP contribution in [0.15, 0.2) is 42.5 Å². The molecule has 0 bridgehead atoms. The average Bonchev–Trinajstić information content (AvgIpc) is 2.41. The summed E-state index contributed by atoms with van der Waals surface area (Å²) in [4.78, 5) is 2.15. The summed E-state index contributed by atoms with van der Waals surface area (Å²) in [5.41, 5.74) is 3.50. The van der Waals surface area contributed by atoms with Gasteiger partial charge >= 0.3 is 0 Å². The molecule has 0 heterocycles. The van der Waals surface area contributed by atoms with Crippen LogP contribution >= 0.6 is 23.2 Å². The van der Waals surface area contributed by atoms with E-state index in [4.69, 9.17) is 23.2 Å². The van der Waals surface area contributed by atoms with E-state index in [9.17, 15) is 0 Å². The molecule has 1 unspecified atom stereocenters. The zero-order valence-electron chi connectivity index (χ0n) is 12.5. The molecule has 0 aliphatic carbocycles. The van der Waals surface area contributed by atoms with Crippen molar-refractivity contribution in [1.29, 1.82) is 0 Å². The van der Waals surface area contributed by atoms with Crippen molar-refractivity contribution >= 4 is 28.9 Å². The van der Waals surface area contributed by atoms with Crippen LogP contribution in [0.25, 0.3) is 0 Å². The SMILES string of the molecule is CC(Nc1cccc(CN(C)C)c1)c1ccc(Cl)c(Cl)c1. The first kappa shape index (κ1) is 16.2. The van der Waals surface area contributed by atoms with E-state index in [2.05, 4.69) is 55.5 Å². The number of rotatable bonds is 5. The fourth-order valence-electron chi connectivity index (χ4n) is 2.24. The molecule has 0 aromatic heterocycles. The molecular formula is C17H20Cl2N2. The van der Waals surface area contributed by atoms with Gasteiger partial charge in [-0.25, -0.2) is 0 Å². The van der Waals surface area contributed by atoms with Crippen molar-refractivity contribution in [2.24, 2.45) is 0 Å². The van der Waals surface area contributed by atoms with Crippen LogP contribution in [0.3, 0.4) is 0 Å². The van der Waals surface area contributed by atoms with Gasteiger partial charge in [-0.3, -0.25) is 0 Å². The molecule has 0 aliphatic rings. The zero-order chi connectivity index (χ0) is 15.4. The number of nitrogens with zero attached hydrogens (tertiary/aromatic N) is 1. The Morgan fingerprint density at radius 1 is 1.05 bits per heavy atom. The van der Waals surface area contributed by atoms with Crippen LogP contribution in [0.2, 0.25) is 10.0 Å². The number of hydrogen-bond donors (Lipinski definition) is 1. The van der Waals surface area contributed by atoms with Crippen molar-refractivity contribution in [3.8, 4) is 0 Å². The molecule has 2 aromatic rings. The van der Waals surface area contributed by atoms with Crippen LogP contribution in [0, 0.1) is 0 Å². The highest BCUT2D eigenvalue weighted by atomic mass is 35.5. The first-order valence-electron chi connectivity index (χ1n) is 6.91. The van der Waals surface area contributed by atoms with Crippen molar-refractivity contribution < 1.29 is 0 Å². The largest absolute Gasteiger partial charge is 0.379 e. The molecule has 112 valence electrons. The fourth-order valence-corrected chi connectivity index (χ4v) is 2.55. The lowest BCUT2D eigenvalue weighted by atomic mass is 10.1. The van der Waals surface area contributed by atoms with E-state index < -0.39 is 0 Å². The van der Waals surface area contributed by atoms with Gasteiger partial charge in [-0.1, -0.05) is 41.4 Å².